The molecule has 120 valence electrons. The molecule has 0 fully saturated rings. The Kier molecular flexibility index (Phi) is 4.87. The van der Waals surface area contributed by atoms with Crippen LogP contribution in [0.2, 0.25) is 5.02 Å². The standard InChI is InChI=1S/C19H20ClNO2/c1-13(19(22)21-17-9-7-16(20)8-10-17)23-18-11-6-14-4-2-3-5-15(14)12-18/h6-13H,2-5H2,1H3,(H,21,22)/t13-/m1/s1. The van der Waals surface area contributed by atoms with Gasteiger partial charge in [0.05, 0.1) is 0 Å². The highest BCUT2D eigenvalue weighted by Gasteiger charge is 2.16. The van der Waals surface area contributed by atoms with Gasteiger partial charge in [0, 0.05) is 10.7 Å². The van der Waals surface area contributed by atoms with Crippen LogP contribution in [0, 0.1) is 0 Å². The van der Waals surface area contributed by atoms with Crippen LogP contribution in [0.25, 0.3) is 0 Å². The van der Waals surface area contributed by atoms with Gasteiger partial charge in [0.15, 0.2) is 6.10 Å². The minimum absolute atomic E-state index is 0.176. The van der Waals surface area contributed by atoms with E-state index in [9.17, 15) is 4.79 Å². The van der Waals surface area contributed by atoms with E-state index in [0.29, 0.717) is 10.7 Å². The van der Waals surface area contributed by atoms with Gasteiger partial charge in [-0.3, -0.25) is 4.79 Å². The van der Waals surface area contributed by atoms with E-state index in [-0.39, 0.29) is 5.91 Å². The van der Waals surface area contributed by atoms with Crippen LogP contribution < -0.4 is 10.1 Å². The Labute approximate surface area is 141 Å². The number of carbonyl (C=O) groups is 1. The van der Waals surface area contributed by atoms with Gasteiger partial charge in [0.25, 0.3) is 5.91 Å². The van der Waals surface area contributed by atoms with Crippen molar-refractivity contribution in [1.29, 1.82) is 0 Å². The lowest BCUT2D eigenvalue weighted by Crippen LogP contribution is -2.30. The molecule has 2 aromatic carbocycles. The van der Waals surface area contributed by atoms with Crippen LogP contribution in [-0.2, 0) is 17.6 Å². The first kappa shape index (κ1) is 15.9. The first-order valence-electron chi connectivity index (χ1n) is 7.97. The lowest BCUT2D eigenvalue weighted by atomic mass is 9.92. The van der Waals surface area contributed by atoms with Crippen molar-refractivity contribution in [3.8, 4) is 5.75 Å². The molecule has 0 radical (unpaired) electrons. The third kappa shape index (κ3) is 4.05. The number of fused-ring (bicyclic) bond motifs is 1. The topological polar surface area (TPSA) is 38.3 Å². The predicted octanol–water partition coefficient (Wildman–Crippen LogP) is 4.62. The third-order valence-electron chi connectivity index (χ3n) is 4.11. The van der Waals surface area contributed by atoms with Crippen molar-refractivity contribution >= 4 is 23.2 Å². The van der Waals surface area contributed by atoms with E-state index in [1.807, 2.05) is 6.07 Å². The Balaban J connectivity index is 1.62. The summed E-state index contributed by atoms with van der Waals surface area (Å²) in [6.45, 7) is 1.75. The van der Waals surface area contributed by atoms with Crippen molar-refractivity contribution in [2.24, 2.45) is 0 Å². The van der Waals surface area contributed by atoms with Crippen molar-refractivity contribution in [3.05, 3.63) is 58.6 Å². The molecule has 3 nitrogen and oxygen atoms in total. The fourth-order valence-electron chi connectivity index (χ4n) is 2.82. The zero-order valence-electron chi connectivity index (χ0n) is 13.1. The Bertz CT molecular complexity index is 697. The number of rotatable bonds is 4. The normalized spacial score (nSPS) is 14.7. The SMILES string of the molecule is C[C@@H](Oc1ccc2c(c1)CCCC2)C(=O)Nc1ccc(Cl)cc1. The molecule has 0 heterocycles. The summed E-state index contributed by atoms with van der Waals surface area (Å²) >= 11 is 5.84. The van der Waals surface area contributed by atoms with Gasteiger partial charge in [-0.05, 0) is 80.1 Å². The number of amides is 1. The van der Waals surface area contributed by atoms with E-state index >= 15 is 0 Å². The maximum atomic E-state index is 12.2. The van der Waals surface area contributed by atoms with Crippen LogP contribution in [0.15, 0.2) is 42.5 Å². The minimum atomic E-state index is -0.563. The van der Waals surface area contributed by atoms with Gasteiger partial charge in [-0.25, -0.2) is 0 Å². The van der Waals surface area contributed by atoms with Crippen LogP contribution in [0.5, 0.6) is 5.75 Å². The lowest BCUT2D eigenvalue weighted by Gasteiger charge is -2.19. The molecular weight excluding hydrogens is 310 g/mol. The molecule has 3 rings (SSSR count). The number of hydrogen-bond acceptors (Lipinski definition) is 2. The molecule has 0 saturated heterocycles. The first-order valence-corrected chi connectivity index (χ1v) is 8.34. The molecule has 2 aromatic rings. The van der Waals surface area contributed by atoms with Gasteiger partial charge < -0.3 is 10.1 Å². The van der Waals surface area contributed by atoms with E-state index in [1.165, 1.54) is 24.0 Å². The summed E-state index contributed by atoms with van der Waals surface area (Å²) in [7, 11) is 0. The summed E-state index contributed by atoms with van der Waals surface area (Å²) in [5, 5.41) is 3.47. The maximum Gasteiger partial charge on any atom is 0.265 e. The molecule has 4 heteroatoms. The molecule has 0 spiro atoms. The molecule has 1 atom stereocenters. The molecule has 1 aliphatic rings. The van der Waals surface area contributed by atoms with Crippen LogP contribution >= 0.6 is 11.6 Å². The van der Waals surface area contributed by atoms with Crippen molar-refractivity contribution in [2.45, 2.75) is 38.7 Å². The molecule has 1 aliphatic carbocycles. The number of hydrogen-bond donors (Lipinski definition) is 1. The van der Waals surface area contributed by atoms with E-state index in [1.54, 1.807) is 31.2 Å². The number of anilines is 1. The van der Waals surface area contributed by atoms with Crippen molar-refractivity contribution in [2.75, 3.05) is 5.32 Å². The Hall–Kier alpha value is -2.00. The maximum absolute atomic E-state index is 12.2. The number of benzene rings is 2. The Morgan fingerprint density at radius 1 is 1.09 bits per heavy atom. The van der Waals surface area contributed by atoms with Gasteiger partial charge >= 0.3 is 0 Å². The van der Waals surface area contributed by atoms with Crippen LogP contribution in [-0.4, -0.2) is 12.0 Å². The largest absolute Gasteiger partial charge is 0.481 e. The van der Waals surface area contributed by atoms with Gasteiger partial charge in [-0.2, -0.15) is 0 Å². The second-order valence-corrected chi connectivity index (χ2v) is 6.33. The molecule has 0 bridgehead atoms. The van der Waals surface area contributed by atoms with Crippen LogP contribution in [0.3, 0.4) is 0 Å². The number of aryl methyl sites for hydroxylation is 2. The molecule has 0 aliphatic heterocycles. The third-order valence-corrected chi connectivity index (χ3v) is 4.37. The van der Waals surface area contributed by atoms with Gasteiger partial charge in [-0.15, -0.1) is 0 Å². The average Bonchev–Trinajstić information content (AvgIpc) is 2.56. The summed E-state index contributed by atoms with van der Waals surface area (Å²) in [6, 6.07) is 13.2. The van der Waals surface area contributed by atoms with Gasteiger partial charge in [-0.1, -0.05) is 17.7 Å². The molecule has 1 N–H and O–H groups in total. The zero-order chi connectivity index (χ0) is 16.2. The summed E-state index contributed by atoms with van der Waals surface area (Å²) < 4.78 is 5.80. The fraction of sp³-hybridized carbons (Fsp3) is 0.316. The number of halogens is 1. The van der Waals surface area contributed by atoms with Gasteiger partial charge in [0.2, 0.25) is 0 Å². The predicted molar refractivity (Wildman–Crippen MR) is 93.3 cm³/mol. The van der Waals surface area contributed by atoms with E-state index < -0.39 is 6.10 Å². The average molecular weight is 330 g/mol. The van der Waals surface area contributed by atoms with Crippen molar-refractivity contribution in [1.82, 2.24) is 0 Å². The quantitative estimate of drug-likeness (QED) is 0.888. The molecule has 0 saturated carbocycles. The first-order chi connectivity index (χ1) is 11.1. The minimum Gasteiger partial charge on any atom is -0.481 e. The van der Waals surface area contributed by atoms with Crippen molar-refractivity contribution in [3.63, 3.8) is 0 Å². The van der Waals surface area contributed by atoms with E-state index in [2.05, 4.69) is 17.4 Å². The monoisotopic (exact) mass is 329 g/mol. The summed E-state index contributed by atoms with van der Waals surface area (Å²) in [6.07, 6.45) is 4.16. The second kappa shape index (κ2) is 7.05. The molecule has 23 heavy (non-hydrogen) atoms. The lowest BCUT2D eigenvalue weighted by molar-refractivity contribution is -0.122. The van der Waals surface area contributed by atoms with E-state index in [0.717, 1.165) is 18.6 Å². The van der Waals surface area contributed by atoms with E-state index in [4.69, 9.17) is 16.3 Å². The smallest absolute Gasteiger partial charge is 0.265 e. The van der Waals surface area contributed by atoms with Crippen LogP contribution in [0.1, 0.15) is 30.9 Å². The summed E-state index contributed by atoms with van der Waals surface area (Å²) in [5.74, 6) is 0.578. The second-order valence-electron chi connectivity index (χ2n) is 5.89. The molecule has 0 aromatic heterocycles. The Morgan fingerprint density at radius 2 is 1.78 bits per heavy atom. The zero-order valence-corrected chi connectivity index (χ0v) is 13.9. The van der Waals surface area contributed by atoms with Crippen molar-refractivity contribution < 1.29 is 9.53 Å². The number of ether oxygens (including phenoxy) is 1. The molecular formula is C19H20ClNO2. The highest BCUT2D eigenvalue weighted by atomic mass is 35.5. The summed E-state index contributed by atoms with van der Waals surface area (Å²) in [4.78, 5) is 12.2. The number of carbonyl (C=O) groups excluding carboxylic acids is 1. The van der Waals surface area contributed by atoms with Gasteiger partial charge in [0.1, 0.15) is 5.75 Å². The molecule has 0 unspecified atom stereocenters. The Morgan fingerprint density at radius 3 is 2.52 bits per heavy atom. The molecule has 1 amide bonds. The number of nitrogens with one attached hydrogen (secondary N) is 1. The highest BCUT2D eigenvalue weighted by molar-refractivity contribution is 6.30. The fourth-order valence-corrected chi connectivity index (χ4v) is 2.94. The van der Waals surface area contributed by atoms with Crippen LogP contribution in [0.4, 0.5) is 5.69 Å². The summed E-state index contributed by atoms with van der Waals surface area (Å²) in [5.41, 5.74) is 3.46. The highest BCUT2D eigenvalue weighted by Crippen LogP contribution is 2.26.